The molecule has 4 aromatic heterocycles. The quantitative estimate of drug-likeness (QED) is 0.152. The summed E-state index contributed by atoms with van der Waals surface area (Å²) in [7, 11) is 0. The van der Waals surface area contributed by atoms with E-state index in [1.165, 1.54) is 10.8 Å². The van der Waals surface area contributed by atoms with Gasteiger partial charge in [0, 0.05) is 54.8 Å². The van der Waals surface area contributed by atoms with E-state index in [1.807, 2.05) is 0 Å². The summed E-state index contributed by atoms with van der Waals surface area (Å²) in [6.45, 7) is 0. The van der Waals surface area contributed by atoms with E-state index in [1.54, 1.807) is 0 Å². The van der Waals surface area contributed by atoms with Gasteiger partial charge in [0.1, 0.15) is 0 Å². The minimum Gasteiger partial charge on any atom is -0.309 e. The fourth-order valence-corrected chi connectivity index (χ4v) is 11.5. The zero-order valence-electron chi connectivity index (χ0n) is 40.6. The van der Waals surface area contributed by atoms with Crippen LogP contribution in [0.15, 0.2) is 267 Å². The van der Waals surface area contributed by atoms with E-state index in [0.717, 1.165) is 111 Å². The van der Waals surface area contributed by atoms with Crippen molar-refractivity contribution in [3.8, 4) is 73.5 Å². The number of aromatic nitrogens is 6. The lowest BCUT2D eigenvalue weighted by Crippen LogP contribution is -2.07. The first kappa shape index (κ1) is 42.5. The molecule has 0 spiro atoms. The second-order valence-electron chi connectivity index (χ2n) is 19.2. The number of hydrogen-bond donors (Lipinski definition) is 0. The van der Waals surface area contributed by atoms with E-state index in [2.05, 4.69) is 281 Å². The SMILES string of the molecule is c1ccc(-c2cccc(-c3nc(-c4cccc(-c5ccccc5)c4)nc(-n4c5ccc(-n6c7ccccc7c7ccccc76)cc5c5ccc6c7ccccc7n(-c7cccc(-c8ccccc8)c7)c6c54)n3)c2)cc1. The molecule has 4 heterocycles. The van der Waals surface area contributed by atoms with Gasteiger partial charge in [-0.1, -0.05) is 206 Å². The first-order valence-corrected chi connectivity index (χ1v) is 25.4. The van der Waals surface area contributed by atoms with Gasteiger partial charge in [-0.05, 0) is 94.0 Å². The van der Waals surface area contributed by atoms with Crippen LogP contribution < -0.4 is 0 Å². The lowest BCUT2D eigenvalue weighted by molar-refractivity contribution is 0.953. The van der Waals surface area contributed by atoms with E-state index in [-0.39, 0.29) is 0 Å². The Morgan fingerprint density at radius 1 is 0.213 bits per heavy atom. The number of rotatable bonds is 8. The largest absolute Gasteiger partial charge is 0.309 e. The van der Waals surface area contributed by atoms with Crippen LogP contribution in [0.3, 0.4) is 0 Å². The first-order chi connectivity index (χ1) is 37.2. The van der Waals surface area contributed by atoms with Crippen LogP contribution >= 0.6 is 0 Å². The van der Waals surface area contributed by atoms with Crippen molar-refractivity contribution in [1.29, 1.82) is 0 Å². The van der Waals surface area contributed by atoms with Crippen molar-refractivity contribution in [1.82, 2.24) is 28.7 Å². The molecule has 0 unspecified atom stereocenters. The van der Waals surface area contributed by atoms with Crippen molar-refractivity contribution >= 4 is 65.4 Å². The van der Waals surface area contributed by atoms with Crippen LogP contribution in [0.2, 0.25) is 0 Å². The molecule has 0 aliphatic heterocycles. The van der Waals surface area contributed by atoms with Gasteiger partial charge in [-0.2, -0.15) is 9.97 Å². The summed E-state index contributed by atoms with van der Waals surface area (Å²) in [4.78, 5) is 16.5. The molecule has 6 heteroatoms. The molecule has 15 aromatic rings. The molecule has 75 heavy (non-hydrogen) atoms. The van der Waals surface area contributed by atoms with Gasteiger partial charge < -0.3 is 9.13 Å². The van der Waals surface area contributed by atoms with Gasteiger partial charge in [-0.3, -0.25) is 4.57 Å². The fourth-order valence-electron chi connectivity index (χ4n) is 11.5. The number of nitrogens with zero attached hydrogens (tertiary/aromatic N) is 6. The fraction of sp³-hybridized carbons (Fsp3) is 0. The molecule has 0 bridgehead atoms. The summed E-state index contributed by atoms with van der Waals surface area (Å²) in [5, 5.41) is 6.91. The van der Waals surface area contributed by atoms with E-state index in [4.69, 9.17) is 15.0 Å². The van der Waals surface area contributed by atoms with Crippen LogP contribution in [0.1, 0.15) is 0 Å². The molecule has 0 aliphatic rings. The highest BCUT2D eigenvalue weighted by Crippen LogP contribution is 2.44. The van der Waals surface area contributed by atoms with Crippen molar-refractivity contribution in [3.63, 3.8) is 0 Å². The van der Waals surface area contributed by atoms with Crippen LogP contribution in [-0.4, -0.2) is 28.7 Å². The van der Waals surface area contributed by atoms with Crippen molar-refractivity contribution in [2.45, 2.75) is 0 Å². The molecule has 0 saturated carbocycles. The maximum atomic E-state index is 5.58. The highest BCUT2D eigenvalue weighted by molar-refractivity contribution is 6.24. The molecule has 6 nitrogen and oxygen atoms in total. The topological polar surface area (TPSA) is 53.5 Å². The third-order valence-corrected chi connectivity index (χ3v) is 14.9. The molecule has 15 rings (SSSR count). The number of fused-ring (bicyclic) bond motifs is 10. The Morgan fingerprint density at radius 2 is 0.600 bits per heavy atom. The Bertz CT molecular complexity index is 4550. The first-order valence-electron chi connectivity index (χ1n) is 25.4. The molecule has 11 aromatic carbocycles. The standard InChI is InChI=1S/C69H44N6/c1-4-19-45(20-5-1)48-25-16-28-51(41-48)67-70-68(52-29-17-26-49(42-52)46-21-6-2-7-22-46)72-69(71-67)75-64-40-37-54(73-61-34-13-10-31-55(61)56-32-11-14-35-62(56)73)44-60(64)59-39-38-58-57-33-12-15-36-63(57)74(65(58)66(59)75)53-30-18-27-50(43-53)47-23-8-3-9-24-47/h1-44H. The molecule has 0 aliphatic carbocycles. The van der Waals surface area contributed by atoms with Crippen molar-refractivity contribution in [2.75, 3.05) is 0 Å². The summed E-state index contributed by atoms with van der Waals surface area (Å²) in [5.41, 5.74) is 17.1. The summed E-state index contributed by atoms with van der Waals surface area (Å²) in [6, 6.07) is 95.3. The second-order valence-corrected chi connectivity index (χ2v) is 19.2. The highest BCUT2D eigenvalue weighted by Gasteiger charge is 2.25. The Balaban J connectivity index is 1.07. The van der Waals surface area contributed by atoms with E-state index in [9.17, 15) is 0 Å². The van der Waals surface area contributed by atoms with Crippen LogP contribution in [-0.2, 0) is 0 Å². The van der Waals surface area contributed by atoms with Crippen LogP contribution in [0, 0.1) is 0 Å². The number of hydrogen-bond acceptors (Lipinski definition) is 3. The van der Waals surface area contributed by atoms with Crippen molar-refractivity contribution in [2.24, 2.45) is 0 Å². The van der Waals surface area contributed by atoms with Gasteiger partial charge in [0.25, 0.3) is 0 Å². The molecular weight excluding hydrogens is 913 g/mol. The van der Waals surface area contributed by atoms with Crippen LogP contribution in [0.4, 0.5) is 0 Å². The number of benzene rings is 11. The van der Waals surface area contributed by atoms with Gasteiger partial charge >= 0.3 is 0 Å². The summed E-state index contributed by atoms with van der Waals surface area (Å²) >= 11 is 0. The lowest BCUT2D eigenvalue weighted by Gasteiger charge is -2.14. The van der Waals surface area contributed by atoms with Gasteiger partial charge in [-0.25, -0.2) is 4.98 Å². The Hall–Kier alpha value is -10.2. The molecule has 0 saturated heterocycles. The molecule has 0 fully saturated rings. The van der Waals surface area contributed by atoms with Gasteiger partial charge in [-0.15, -0.1) is 0 Å². The summed E-state index contributed by atoms with van der Waals surface area (Å²) < 4.78 is 7.14. The predicted octanol–water partition coefficient (Wildman–Crippen LogP) is 17.5. The number of para-hydroxylation sites is 3. The van der Waals surface area contributed by atoms with Crippen LogP contribution in [0.5, 0.6) is 0 Å². The Labute approximate surface area is 432 Å². The van der Waals surface area contributed by atoms with Crippen molar-refractivity contribution in [3.05, 3.63) is 267 Å². The molecular formula is C69H44N6. The zero-order chi connectivity index (χ0) is 49.4. The second kappa shape index (κ2) is 17.3. The van der Waals surface area contributed by atoms with E-state index >= 15 is 0 Å². The monoisotopic (exact) mass is 956 g/mol. The minimum atomic E-state index is 0.525. The van der Waals surface area contributed by atoms with Crippen molar-refractivity contribution < 1.29 is 0 Å². The Kier molecular flexibility index (Phi) is 9.78. The maximum absolute atomic E-state index is 5.58. The lowest BCUT2D eigenvalue weighted by atomic mass is 10.0. The minimum absolute atomic E-state index is 0.525. The maximum Gasteiger partial charge on any atom is 0.238 e. The molecule has 0 atom stereocenters. The average Bonchev–Trinajstić information content (AvgIpc) is 4.27. The van der Waals surface area contributed by atoms with E-state index in [0.29, 0.717) is 17.6 Å². The van der Waals surface area contributed by atoms with Gasteiger partial charge in [0.2, 0.25) is 5.95 Å². The molecule has 0 radical (unpaired) electrons. The predicted molar refractivity (Wildman–Crippen MR) is 310 cm³/mol. The highest BCUT2D eigenvalue weighted by atomic mass is 15.2. The summed E-state index contributed by atoms with van der Waals surface area (Å²) in [6.07, 6.45) is 0. The third-order valence-electron chi connectivity index (χ3n) is 14.9. The Morgan fingerprint density at radius 3 is 1.15 bits per heavy atom. The molecule has 350 valence electrons. The molecule has 0 amide bonds. The van der Waals surface area contributed by atoms with Gasteiger partial charge in [0.15, 0.2) is 11.6 Å². The average molecular weight is 957 g/mol. The third kappa shape index (κ3) is 6.99. The van der Waals surface area contributed by atoms with Gasteiger partial charge in [0.05, 0.1) is 33.1 Å². The normalized spacial score (nSPS) is 11.7. The smallest absolute Gasteiger partial charge is 0.238 e. The summed E-state index contributed by atoms with van der Waals surface area (Å²) in [5.74, 6) is 1.69. The van der Waals surface area contributed by atoms with E-state index < -0.39 is 0 Å². The zero-order valence-corrected chi connectivity index (χ0v) is 40.6. The van der Waals surface area contributed by atoms with Crippen LogP contribution in [0.25, 0.3) is 139 Å². The molecule has 0 N–H and O–H groups in total.